The fraction of sp³-hybridized carbons (Fsp3) is 0. The quantitative estimate of drug-likeness (QED) is 0.863. The van der Waals surface area contributed by atoms with Gasteiger partial charge in [-0.1, -0.05) is 6.07 Å². The van der Waals surface area contributed by atoms with Crippen LogP contribution in [0.3, 0.4) is 0 Å². The Hall–Kier alpha value is -1.47. The summed E-state index contributed by atoms with van der Waals surface area (Å²) in [5, 5.41) is 11.8. The van der Waals surface area contributed by atoms with E-state index in [2.05, 4.69) is 47.1 Å². The molecule has 0 aliphatic carbocycles. The van der Waals surface area contributed by atoms with Gasteiger partial charge in [-0.25, -0.2) is 9.78 Å². The zero-order valence-electron chi connectivity index (χ0n) is 8.89. The van der Waals surface area contributed by atoms with Crippen molar-refractivity contribution in [1.29, 1.82) is 0 Å². The van der Waals surface area contributed by atoms with Crippen molar-refractivity contribution >= 4 is 49.3 Å². The van der Waals surface area contributed by atoms with Crippen molar-refractivity contribution in [2.75, 3.05) is 5.32 Å². The Balaban J connectivity index is 2.34. The van der Waals surface area contributed by atoms with Crippen molar-refractivity contribution in [2.45, 2.75) is 0 Å². The van der Waals surface area contributed by atoms with E-state index in [0.717, 1.165) is 14.6 Å². The van der Waals surface area contributed by atoms with Crippen LogP contribution in [0.25, 0.3) is 0 Å². The molecule has 0 fully saturated rings. The van der Waals surface area contributed by atoms with Gasteiger partial charge in [0, 0.05) is 8.95 Å². The highest BCUT2D eigenvalue weighted by atomic mass is 79.9. The number of aromatic carboxylic acids is 1. The molecule has 7 heteroatoms. The Morgan fingerprint density at radius 3 is 2.50 bits per heavy atom. The number of para-hydroxylation sites is 1. The molecule has 92 valence electrons. The molecule has 2 aromatic rings. The van der Waals surface area contributed by atoms with Gasteiger partial charge in [0.05, 0.1) is 18.1 Å². The number of anilines is 2. The van der Waals surface area contributed by atoms with Crippen LogP contribution in [0.4, 0.5) is 11.5 Å². The molecule has 0 saturated carbocycles. The second-order valence-electron chi connectivity index (χ2n) is 3.32. The second-order valence-corrected chi connectivity index (χ2v) is 5.03. The maximum Gasteiger partial charge on any atom is 0.356 e. The Bertz CT molecular complexity index is 584. The standard InChI is InChI=1S/C11H7Br2N3O2/c12-6-2-1-3-7(13)10(6)16-9-5-14-4-8(15-9)11(17)18/h1-5H,(H,15,16)(H,17,18). The number of hydrogen-bond donors (Lipinski definition) is 2. The lowest BCUT2D eigenvalue weighted by Gasteiger charge is -2.09. The summed E-state index contributed by atoms with van der Waals surface area (Å²) in [5.41, 5.74) is 0.650. The van der Waals surface area contributed by atoms with Crippen LogP contribution in [0.5, 0.6) is 0 Å². The van der Waals surface area contributed by atoms with Gasteiger partial charge in [-0.2, -0.15) is 0 Å². The number of carbonyl (C=O) groups is 1. The van der Waals surface area contributed by atoms with Gasteiger partial charge >= 0.3 is 5.97 Å². The molecule has 1 aromatic carbocycles. The van der Waals surface area contributed by atoms with Crippen molar-refractivity contribution in [1.82, 2.24) is 9.97 Å². The molecule has 0 bridgehead atoms. The van der Waals surface area contributed by atoms with Gasteiger partial charge in [0.2, 0.25) is 0 Å². The van der Waals surface area contributed by atoms with Crippen LogP contribution >= 0.6 is 31.9 Å². The third-order valence-corrected chi connectivity index (χ3v) is 3.39. The van der Waals surface area contributed by atoms with Gasteiger partial charge in [0.15, 0.2) is 5.69 Å². The van der Waals surface area contributed by atoms with E-state index in [-0.39, 0.29) is 5.69 Å². The first-order valence-electron chi connectivity index (χ1n) is 4.84. The first-order valence-corrected chi connectivity index (χ1v) is 6.43. The lowest BCUT2D eigenvalue weighted by Crippen LogP contribution is -2.04. The predicted molar refractivity (Wildman–Crippen MR) is 74.1 cm³/mol. The fourth-order valence-electron chi connectivity index (χ4n) is 1.27. The summed E-state index contributed by atoms with van der Waals surface area (Å²) in [6.07, 6.45) is 2.65. The van der Waals surface area contributed by atoms with Crippen LogP contribution in [0, 0.1) is 0 Å². The fourth-order valence-corrected chi connectivity index (χ4v) is 2.47. The van der Waals surface area contributed by atoms with Gasteiger partial charge in [-0.15, -0.1) is 0 Å². The van der Waals surface area contributed by atoms with Crippen LogP contribution in [0.1, 0.15) is 10.5 Å². The summed E-state index contributed by atoms with van der Waals surface area (Å²) in [5.74, 6) is -0.750. The summed E-state index contributed by atoms with van der Waals surface area (Å²) in [7, 11) is 0. The molecule has 0 aliphatic rings. The summed E-state index contributed by atoms with van der Waals surface area (Å²) in [6, 6.07) is 5.60. The highest BCUT2D eigenvalue weighted by Gasteiger charge is 2.09. The smallest absolute Gasteiger partial charge is 0.356 e. The first kappa shape index (κ1) is 13.0. The third-order valence-electron chi connectivity index (χ3n) is 2.07. The number of halogens is 2. The summed E-state index contributed by atoms with van der Waals surface area (Å²) in [6.45, 7) is 0. The van der Waals surface area contributed by atoms with Crippen LogP contribution < -0.4 is 5.32 Å². The van der Waals surface area contributed by atoms with E-state index in [0.29, 0.717) is 5.82 Å². The van der Waals surface area contributed by atoms with Crippen LogP contribution in [0.15, 0.2) is 39.5 Å². The average molecular weight is 373 g/mol. The van der Waals surface area contributed by atoms with Crippen LogP contribution in [0.2, 0.25) is 0 Å². The van der Waals surface area contributed by atoms with Gasteiger partial charge in [0.1, 0.15) is 5.82 Å². The summed E-state index contributed by atoms with van der Waals surface area (Å²) >= 11 is 6.79. The second kappa shape index (κ2) is 5.45. The Labute approximate surface area is 120 Å². The van der Waals surface area contributed by atoms with Crippen molar-refractivity contribution in [3.63, 3.8) is 0 Å². The largest absolute Gasteiger partial charge is 0.476 e. The normalized spacial score (nSPS) is 10.1. The molecule has 0 spiro atoms. The van der Waals surface area contributed by atoms with Gasteiger partial charge in [-0.05, 0) is 44.0 Å². The van der Waals surface area contributed by atoms with E-state index in [9.17, 15) is 4.79 Å². The summed E-state index contributed by atoms with van der Waals surface area (Å²) in [4.78, 5) is 18.6. The molecule has 18 heavy (non-hydrogen) atoms. The molecule has 2 N–H and O–H groups in total. The molecule has 0 unspecified atom stereocenters. The van der Waals surface area contributed by atoms with Crippen molar-refractivity contribution in [2.24, 2.45) is 0 Å². The monoisotopic (exact) mass is 371 g/mol. The highest BCUT2D eigenvalue weighted by molar-refractivity contribution is 9.11. The van der Waals surface area contributed by atoms with Crippen LogP contribution in [-0.4, -0.2) is 21.0 Å². The number of nitrogens with zero attached hydrogens (tertiary/aromatic N) is 2. The third kappa shape index (κ3) is 2.85. The number of carboxylic acids is 1. The zero-order chi connectivity index (χ0) is 13.1. The number of hydrogen-bond acceptors (Lipinski definition) is 4. The molecule has 0 atom stereocenters. The summed E-state index contributed by atoms with van der Waals surface area (Å²) < 4.78 is 1.67. The molecule has 5 nitrogen and oxygen atoms in total. The van der Waals surface area contributed by atoms with E-state index >= 15 is 0 Å². The first-order chi connectivity index (χ1) is 8.58. The van der Waals surface area contributed by atoms with Crippen molar-refractivity contribution in [3.8, 4) is 0 Å². The number of rotatable bonds is 3. The lowest BCUT2D eigenvalue weighted by molar-refractivity contribution is 0.0690. The Morgan fingerprint density at radius 2 is 1.89 bits per heavy atom. The SMILES string of the molecule is O=C(O)c1cncc(Nc2c(Br)cccc2Br)n1. The van der Waals surface area contributed by atoms with Gasteiger partial charge < -0.3 is 10.4 Å². The van der Waals surface area contributed by atoms with E-state index in [1.54, 1.807) is 0 Å². The molecule has 1 aromatic heterocycles. The van der Waals surface area contributed by atoms with Gasteiger partial charge in [0.25, 0.3) is 0 Å². The molecular weight excluding hydrogens is 366 g/mol. The maximum atomic E-state index is 10.8. The van der Waals surface area contributed by atoms with Gasteiger partial charge in [-0.3, -0.25) is 4.98 Å². The Kier molecular flexibility index (Phi) is 3.93. The molecule has 0 aliphatic heterocycles. The maximum absolute atomic E-state index is 10.8. The number of nitrogens with one attached hydrogen (secondary N) is 1. The number of benzene rings is 1. The van der Waals surface area contributed by atoms with Crippen LogP contribution in [-0.2, 0) is 0 Å². The zero-order valence-corrected chi connectivity index (χ0v) is 12.1. The topological polar surface area (TPSA) is 75.1 Å². The molecule has 0 amide bonds. The highest BCUT2D eigenvalue weighted by Crippen LogP contribution is 2.32. The lowest BCUT2D eigenvalue weighted by atomic mass is 10.3. The average Bonchev–Trinajstić information content (AvgIpc) is 2.34. The van der Waals surface area contributed by atoms with E-state index in [1.165, 1.54) is 12.4 Å². The minimum Gasteiger partial charge on any atom is -0.476 e. The number of aromatic nitrogens is 2. The molecule has 0 saturated heterocycles. The minimum atomic E-state index is -1.11. The molecule has 0 radical (unpaired) electrons. The molecular formula is C11H7Br2N3O2. The van der Waals surface area contributed by atoms with Crippen molar-refractivity contribution in [3.05, 3.63) is 45.2 Å². The number of carboxylic acid groups (broad SMARTS) is 1. The van der Waals surface area contributed by atoms with E-state index in [1.807, 2.05) is 18.2 Å². The van der Waals surface area contributed by atoms with E-state index in [4.69, 9.17) is 5.11 Å². The molecule has 2 rings (SSSR count). The predicted octanol–water partition coefficient (Wildman–Crippen LogP) is 3.44. The minimum absolute atomic E-state index is 0.108. The Morgan fingerprint density at radius 1 is 1.22 bits per heavy atom. The van der Waals surface area contributed by atoms with E-state index < -0.39 is 5.97 Å². The molecule has 1 heterocycles. The van der Waals surface area contributed by atoms with Crippen molar-refractivity contribution < 1.29 is 9.90 Å².